The third kappa shape index (κ3) is 3.05. The summed E-state index contributed by atoms with van der Waals surface area (Å²) in [5, 5.41) is 2.97. The first-order chi connectivity index (χ1) is 12.7. The van der Waals surface area contributed by atoms with E-state index < -0.39 is 0 Å². The van der Waals surface area contributed by atoms with Crippen LogP contribution in [0.3, 0.4) is 0 Å². The first-order valence-corrected chi connectivity index (χ1v) is 9.11. The van der Waals surface area contributed by atoms with Gasteiger partial charge in [0.2, 0.25) is 0 Å². The van der Waals surface area contributed by atoms with Gasteiger partial charge in [0.1, 0.15) is 11.6 Å². The Morgan fingerprint density at radius 2 is 2.04 bits per heavy atom. The summed E-state index contributed by atoms with van der Waals surface area (Å²) in [6.07, 6.45) is 4.69. The van der Waals surface area contributed by atoms with Gasteiger partial charge in [0.15, 0.2) is 0 Å². The van der Waals surface area contributed by atoms with E-state index in [1.807, 2.05) is 31.2 Å². The average molecular weight is 349 g/mol. The van der Waals surface area contributed by atoms with Crippen LogP contribution in [0, 0.1) is 6.92 Å². The van der Waals surface area contributed by atoms with Crippen molar-refractivity contribution in [3.63, 3.8) is 0 Å². The fraction of sp³-hybridized carbons (Fsp3) is 0.333. The molecule has 1 aromatic heterocycles. The minimum atomic E-state index is -0.150. The smallest absolute Gasteiger partial charge is 0.255 e. The van der Waals surface area contributed by atoms with Crippen molar-refractivity contribution in [2.45, 2.75) is 39.2 Å². The Balaban J connectivity index is 1.60. The summed E-state index contributed by atoms with van der Waals surface area (Å²) in [6.45, 7) is 2.98. The third-order valence-corrected chi connectivity index (χ3v) is 5.04. The lowest BCUT2D eigenvalue weighted by molar-refractivity contribution is 0.102. The maximum Gasteiger partial charge on any atom is 0.255 e. The lowest BCUT2D eigenvalue weighted by atomic mass is 10.1. The molecule has 3 aromatic rings. The van der Waals surface area contributed by atoms with Crippen LogP contribution in [0.5, 0.6) is 5.75 Å². The van der Waals surface area contributed by atoms with Gasteiger partial charge in [-0.1, -0.05) is 12.5 Å². The van der Waals surface area contributed by atoms with E-state index in [2.05, 4.69) is 16.0 Å². The van der Waals surface area contributed by atoms with E-state index in [0.717, 1.165) is 41.1 Å². The number of carbonyl (C=O) groups excluding carboxylic acids is 1. The third-order valence-electron chi connectivity index (χ3n) is 5.04. The number of imidazole rings is 1. The number of rotatable bonds is 3. The Hall–Kier alpha value is -2.82. The van der Waals surface area contributed by atoms with E-state index in [1.54, 1.807) is 13.2 Å². The highest BCUT2D eigenvalue weighted by atomic mass is 16.5. The molecule has 0 atom stereocenters. The zero-order chi connectivity index (χ0) is 18.1. The van der Waals surface area contributed by atoms with Crippen LogP contribution >= 0.6 is 0 Å². The van der Waals surface area contributed by atoms with Gasteiger partial charge in [0.05, 0.1) is 18.1 Å². The lowest BCUT2D eigenvalue weighted by Crippen LogP contribution is -2.12. The van der Waals surface area contributed by atoms with Gasteiger partial charge >= 0.3 is 0 Å². The van der Waals surface area contributed by atoms with Crippen LogP contribution in [0.1, 0.15) is 41.0 Å². The highest BCUT2D eigenvalue weighted by Crippen LogP contribution is 2.25. The summed E-state index contributed by atoms with van der Waals surface area (Å²) < 4.78 is 7.63. The summed E-state index contributed by atoms with van der Waals surface area (Å²) in [5.41, 5.74) is 4.44. The number of amides is 1. The maximum atomic E-state index is 12.6. The topological polar surface area (TPSA) is 56.1 Å². The number of anilines is 1. The number of methoxy groups -OCH3 is 1. The van der Waals surface area contributed by atoms with Gasteiger partial charge in [-0.25, -0.2) is 4.98 Å². The first-order valence-electron chi connectivity index (χ1n) is 9.11. The SMILES string of the molecule is COc1cc(C(=O)Nc2ccc3c(c2)nc2n3CCCCC2)ccc1C. The van der Waals surface area contributed by atoms with Crippen LogP contribution in [0.2, 0.25) is 0 Å². The van der Waals surface area contributed by atoms with Crippen molar-refractivity contribution in [1.82, 2.24) is 9.55 Å². The van der Waals surface area contributed by atoms with E-state index in [-0.39, 0.29) is 5.91 Å². The summed E-state index contributed by atoms with van der Waals surface area (Å²) >= 11 is 0. The molecule has 5 nitrogen and oxygen atoms in total. The Morgan fingerprint density at radius 1 is 1.15 bits per heavy atom. The second-order valence-corrected chi connectivity index (χ2v) is 6.83. The van der Waals surface area contributed by atoms with E-state index in [0.29, 0.717) is 11.3 Å². The van der Waals surface area contributed by atoms with E-state index in [9.17, 15) is 4.79 Å². The predicted octanol–water partition coefficient (Wildman–Crippen LogP) is 4.33. The monoisotopic (exact) mass is 349 g/mol. The molecule has 0 bridgehead atoms. The molecule has 26 heavy (non-hydrogen) atoms. The van der Waals surface area contributed by atoms with Crippen molar-refractivity contribution in [2.75, 3.05) is 12.4 Å². The molecule has 2 aromatic carbocycles. The fourth-order valence-electron chi connectivity index (χ4n) is 3.59. The fourth-order valence-corrected chi connectivity index (χ4v) is 3.59. The molecule has 0 saturated carbocycles. The van der Waals surface area contributed by atoms with Crippen molar-refractivity contribution >= 4 is 22.6 Å². The quantitative estimate of drug-likeness (QED) is 0.765. The highest BCUT2D eigenvalue weighted by Gasteiger charge is 2.15. The first kappa shape index (κ1) is 16.6. The van der Waals surface area contributed by atoms with Crippen LogP contribution in [-0.4, -0.2) is 22.6 Å². The number of hydrogen-bond donors (Lipinski definition) is 1. The molecule has 1 N–H and O–H groups in total. The molecule has 0 fully saturated rings. The van der Waals surface area contributed by atoms with Gasteiger partial charge in [-0.15, -0.1) is 0 Å². The average Bonchev–Trinajstić information content (AvgIpc) is 2.82. The molecule has 134 valence electrons. The molecule has 0 radical (unpaired) electrons. The summed E-state index contributed by atoms with van der Waals surface area (Å²) in [5.74, 6) is 1.72. The van der Waals surface area contributed by atoms with Crippen molar-refractivity contribution < 1.29 is 9.53 Å². The van der Waals surface area contributed by atoms with Crippen molar-refractivity contribution in [3.8, 4) is 5.75 Å². The van der Waals surface area contributed by atoms with Crippen LogP contribution < -0.4 is 10.1 Å². The van der Waals surface area contributed by atoms with Crippen LogP contribution in [-0.2, 0) is 13.0 Å². The van der Waals surface area contributed by atoms with Gasteiger partial charge in [-0.2, -0.15) is 0 Å². The molecule has 0 saturated heterocycles. The predicted molar refractivity (Wildman–Crippen MR) is 103 cm³/mol. The zero-order valence-electron chi connectivity index (χ0n) is 15.2. The molecule has 1 aliphatic heterocycles. The highest BCUT2D eigenvalue weighted by molar-refractivity contribution is 6.05. The normalized spacial score (nSPS) is 13.9. The van der Waals surface area contributed by atoms with E-state index in [1.165, 1.54) is 19.3 Å². The Bertz CT molecular complexity index is 975. The number of aryl methyl sites for hydroxylation is 3. The van der Waals surface area contributed by atoms with Crippen LogP contribution in [0.15, 0.2) is 36.4 Å². The number of aromatic nitrogens is 2. The number of ether oxygens (including phenoxy) is 1. The molecule has 5 heteroatoms. The van der Waals surface area contributed by atoms with Crippen molar-refractivity contribution in [2.24, 2.45) is 0 Å². The minimum Gasteiger partial charge on any atom is -0.496 e. The van der Waals surface area contributed by atoms with Crippen LogP contribution in [0.25, 0.3) is 11.0 Å². The lowest BCUT2D eigenvalue weighted by Gasteiger charge is -2.09. The summed E-state index contributed by atoms with van der Waals surface area (Å²) in [6, 6.07) is 11.4. The van der Waals surface area contributed by atoms with Gasteiger partial charge < -0.3 is 14.6 Å². The molecular formula is C21H23N3O2. The largest absolute Gasteiger partial charge is 0.496 e. The maximum absolute atomic E-state index is 12.6. The van der Waals surface area contributed by atoms with Gasteiger partial charge in [-0.3, -0.25) is 4.79 Å². The number of nitrogens with one attached hydrogen (secondary N) is 1. The molecule has 1 aliphatic rings. The number of hydrogen-bond acceptors (Lipinski definition) is 3. The van der Waals surface area contributed by atoms with Crippen molar-refractivity contribution in [3.05, 3.63) is 53.3 Å². The zero-order valence-corrected chi connectivity index (χ0v) is 15.2. The van der Waals surface area contributed by atoms with E-state index >= 15 is 0 Å². The van der Waals surface area contributed by atoms with Gasteiger partial charge in [0, 0.05) is 24.2 Å². The standard InChI is InChI=1S/C21H23N3O2/c1-14-7-8-15(12-19(14)26-2)21(25)22-16-9-10-18-17(13-16)23-20-6-4-3-5-11-24(18)20/h7-10,12-13H,3-6,11H2,1-2H3,(H,22,25). The van der Waals surface area contributed by atoms with Crippen molar-refractivity contribution in [1.29, 1.82) is 0 Å². The van der Waals surface area contributed by atoms with Gasteiger partial charge in [0.25, 0.3) is 5.91 Å². The van der Waals surface area contributed by atoms with E-state index in [4.69, 9.17) is 9.72 Å². The number of benzene rings is 2. The second kappa shape index (κ2) is 6.83. The Morgan fingerprint density at radius 3 is 2.88 bits per heavy atom. The van der Waals surface area contributed by atoms with Crippen LogP contribution in [0.4, 0.5) is 5.69 Å². The Labute approximate surface area is 153 Å². The Kier molecular flexibility index (Phi) is 4.37. The summed E-state index contributed by atoms with van der Waals surface area (Å²) in [7, 11) is 1.61. The second-order valence-electron chi connectivity index (χ2n) is 6.83. The van der Waals surface area contributed by atoms with Gasteiger partial charge in [-0.05, 0) is 55.7 Å². The summed E-state index contributed by atoms with van der Waals surface area (Å²) in [4.78, 5) is 17.4. The number of carbonyl (C=O) groups is 1. The molecule has 4 rings (SSSR count). The minimum absolute atomic E-state index is 0.150. The molecule has 2 heterocycles. The molecule has 0 aliphatic carbocycles. The molecule has 0 unspecified atom stereocenters. The molecule has 1 amide bonds. The number of nitrogens with zero attached hydrogens (tertiary/aromatic N) is 2. The number of fused-ring (bicyclic) bond motifs is 3. The molecule has 0 spiro atoms. The molecular weight excluding hydrogens is 326 g/mol.